The van der Waals surface area contributed by atoms with E-state index in [4.69, 9.17) is 16.3 Å². The minimum absolute atomic E-state index is 0.0709. The summed E-state index contributed by atoms with van der Waals surface area (Å²) in [6, 6.07) is 10.3. The molecule has 0 aromatic heterocycles. The highest BCUT2D eigenvalue weighted by Crippen LogP contribution is 2.42. The number of nitrogens with one attached hydrogen (secondary N) is 1. The lowest BCUT2D eigenvalue weighted by Crippen LogP contribution is -2.19. The molecule has 0 fully saturated rings. The van der Waals surface area contributed by atoms with Gasteiger partial charge in [0.2, 0.25) is 0 Å². The van der Waals surface area contributed by atoms with Crippen molar-refractivity contribution in [3.8, 4) is 5.75 Å². The maximum absolute atomic E-state index is 12.8. The SMILES string of the molecule is COc1c(C(C)(C)C)cc(C=C2C(=O)Nc3ccc(CCCl)cc32)cc1C(C)(C)C. The largest absolute Gasteiger partial charge is 0.496 e. The van der Waals surface area contributed by atoms with Crippen molar-refractivity contribution < 1.29 is 9.53 Å². The number of anilines is 1. The van der Waals surface area contributed by atoms with Crippen molar-refractivity contribution in [2.45, 2.75) is 58.8 Å². The molecule has 1 aliphatic heterocycles. The Kier molecular flexibility index (Phi) is 6.06. The van der Waals surface area contributed by atoms with Gasteiger partial charge in [-0.25, -0.2) is 0 Å². The van der Waals surface area contributed by atoms with Crippen LogP contribution in [0.15, 0.2) is 30.3 Å². The molecule has 1 N–H and O–H groups in total. The summed E-state index contributed by atoms with van der Waals surface area (Å²) in [6.07, 6.45) is 2.77. The van der Waals surface area contributed by atoms with Gasteiger partial charge in [0.25, 0.3) is 5.91 Å². The standard InChI is InChI=1S/C26H32ClNO2/c1-25(2,3)20-14-17(15-21(23(20)30-7)26(4,5)6)13-19-18-12-16(10-11-27)8-9-22(18)28-24(19)29/h8-9,12-15H,10-11H2,1-7H3,(H,28,29). The van der Waals surface area contributed by atoms with E-state index in [2.05, 4.69) is 65.1 Å². The van der Waals surface area contributed by atoms with Gasteiger partial charge in [-0.1, -0.05) is 47.6 Å². The number of hydrogen-bond acceptors (Lipinski definition) is 2. The molecule has 2 aromatic carbocycles. The van der Waals surface area contributed by atoms with Crippen molar-refractivity contribution in [1.29, 1.82) is 0 Å². The van der Waals surface area contributed by atoms with Gasteiger partial charge in [-0.05, 0) is 58.7 Å². The Labute approximate surface area is 185 Å². The van der Waals surface area contributed by atoms with Gasteiger partial charge in [-0.3, -0.25) is 4.79 Å². The molecule has 0 bridgehead atoms. The van der Waals surface area contributed by atoms with Gasteiger partial charge in [0, 0.05) is 33.8 Å². The van der Waals surface area contributed by atoms with Gasteiger partial charge in [0.1, 0.15) is 5.75 Å². The van der Waals surface area contributed by atoms with E-state index in [1.54, 1.807) is 7.11 Å². The Hall–Kier alpha value is -2.26. The highest BCUT2D eigenvalue weighted by Gasteiger charge is 2.29. The smallest absolute Gasteiger partial charge is 0.256 e. The molecule has 0 radical (unpaired) electrons. The van der Waals surface area contributed by atoms with Gasteiger partial charge in [0.05, 0.1) is 7.11 Å². The molecule has 0 saturated heterocycles. The number of alkyl halides is 1. The van der Waals surface area contributed by atoms with E-state index in [-0.39, 0.29) is 16.7 Å². The van der Waals surface area contributed by atoms with Crippen molar-refractivity contribution in [2.75, 3.05) is 18.3 Å². The first-order valence-corrected chi connectivity index (χ1v) is 10.9. The van der Waals surface area contributed by atoms with Crippen LogP contribution < -0.4 is 10.1 Å². The highest BCUT2D eigenvalue weighted by molar-refractivity contribution is 6.35. The Morgan fingerprint density at radius 3 is 2.10 bits per heavy atom. The number of aryl methyl sites for hydroxylation is 1. The minimum atomic E-state index is -0.0940. The maximum atomic E-state index is 12.8. The molecule has 2 aromatic rings. The summed E-state index contributed by atoms with van der Waals surface area (Å²) in [5.41, 5.74) is 6.70. The van der Waals surface area contributed by atoms with E-state index in [9.17, 15) is 4.79 Å². The molecular weight excluding hydrogens is 394 g/mol. The van der Waals surface area contributed by atoms with Crippen LogP contribution >= 0.6 is 11.6 Å². The number of benzene rings is 2. The summed E-state index contributed by atoms with van der Waals surface area (Å²) in [5.74, 6) is 1.41. The number of hydrogen-bond donors (Lipinski definition) is 1. The molecule has 1 amide bonds. The summed E-state index contributed by atoms with van der Waals surface area (Å²) in [5, 5.41) is 2.98. The number of carbonyl (C=O) groups excluding carboxylic acids is 1. The van der Waals surface area contributed by atoms with E-state index in [0.29, 0.717) is 11.5 Å². The predicted octanol–water partition coefficient (Wildman–Crippen LogP) is 6.56. The second-order valence-corrected chi connectivity index (χ2v) is 10.4. The third kappa shape index (κ3) is 4.41. The average Bonchev–Trinajstić information content (AvgIpc) is 2.95. The van der Waals surface area contributed by atoms with Crippen molar-refractivity contribution in [2.24, 2.45) is 0 Å². The normalized spacial score (nSPS) is 15.3. The first-order chi connectivity index (χ1) is 14.0. The van der Waals surface area contributed by atoms with E-state index in [1.165, 1.54) is 0 Å². The number of ether oxygens (including phenoxy) is 1. The fraction of sp³-hybridized carbons (Fsp3) is 0.423. The number of methoxy groups -OCH3 is 1. The molecule has 0 saturated carbocycles. The van der Waals surface area contributed by atoms with Gasteiger partial charge in [-0.2, -0.15) is 0 Å². The topological polar surface area (TPSA) is 38.3 Å². The zero-order valence-electron chi connectivity index (χ0n) is 19.1. The first-order valence-electron chi connectivity index (χ1n) is 10.4. The molecule has 0 spiro atoms. The Morgan fingerprint density at radius 1 is 1.00 bits per heavy atom. The van der Waals surface area contributed by atoms with Crippen molar-refractivity contribution in [3.63, 3.8) is 0 Å². The van der Waals surface area contributed by atoms with Crippen LogP contribution in [0.4, 0.5) is 5.69 Å². The second-order valence-electron chi connectivity index (χ2n) is 9.98. The molecule has 1 aliphatic rings. The van der Waals surface area contributed by atoms with Crippen LogP contribution in [-0.2, 0) is 22.0 Å². The monoisotopic (exact) mass is 425 g/mol. The quantitative estimate of drug-likeness (QED) is 0.444. The molecule has 1 heterocycles. The molecule has 4 heteroatoms. The molecule has 0 atom stereocenters. The Balaban J connectivity index is 2.21. The van der Waals surface area contributed by atoms with Crippen molar-refractivity contribution in [3.05, 3.63) is 58.1 Å². The van der Waals surface area contributed by atoms with Gasteiger partial charge in [-0.15, -0.1) is 11.6 Å². The van der Waals surface area contributed by atoms with Crippen LogP contribution in [0.3, 0.4) is 0 Å². The van der Waals surface area contributed by atoms with Crippen LogP contribution in [0.5, 0.6) is 5.75 Å². The maximum Gasteiger partial charge on any atom is 0.256 e. The molecule has 0 aliphatic carbocycles. The van der Waals surface area contributed by atoms with E-state index >= 15 is 0 Å². The third-order valence-electron chi connectivity index (χ3n) is 5.49. The second kappa shape index (κ2) is 8.11. The lowest BCUT2D eigenvalue weighted by atomic mass is 9.78. The fourth-order valence-electron chi connectivity index (χ4n) is 3.88. The number of halogens is 1. The van der Waals surface area contributed by atoms with E-state index in [1.807, 2.05) is 18.2 Å². The molecule has 160 valence electrons. The molecule has 3 nitrogen and oxygen atoms in total. The first kappa shape index (κ1) is 22.4. The lowest BCUT2D eigenvalue weighted by Gasteiger charge is -2.29. The summed E-state index contributed by atoms with van der Waals surface area (Å²) in [4.78, 5) is 12.8. The van der Waals surface area contributed by atoms with Gasteiger partial charge in [0.15, 0.2) is 0 Å². The van der Waals surface area contributed by atoms with Crippen molar-refractivity contribution in [1.82, 2.24) is 0 Å². The van der Waals surface area contributed by atoms with Crippen LogP contribution in [-0.4, -0.2) is 18.9 Å². The van der Waals surface area contributed by atoms with Gasteiger partial charge < -0.3 is 10.1 Å². The van der Waals surface area contributed by atoms with E-state index < -0.39 is 0 Å². The number of amides is 1. The van der Waals surface area contributed by atoms with Crippen molar-refractivity contribution >= 4 is 34.8 Å². The number of rotatable bonds is 4. The Bertz CT molecular complexity index is 972. The molecule has 30 heavy (non-hydrogen) atoms. The number of carbonyl (C=O) groups is 1. The number of fused-ring (bicyclic) bond motifs is 1. The summed E-state index contributed by atoms with van der Waals surface area (Å²) >= 11 is 5.92. The van der Waals surface area contributed by atoms with Crippen LogP contribution in [0.25, 0.3) is 11.6 Å². The van der Waals surface area contributed by atoms with Crippen LogP contribution in [0.2, 0.25) is 0 Å². The predicted molar refractivity (Wildman–Crippen MR) is 128 cm³/mol. The Morgan fingerprint density at radius 2 is 1.60 bits per heavy atom. The zero-order chi connectivity index (χ0) is 22.3. The third-order valence-corrected chi connectivity index (χ3v) is 5.68. The summed E-state index contributed by atoms with van der Waals surface area (Å²) in [6.45, 7) is 13.1. The van der Waals surface area contributed by atoms with E-state index in [0.717, 1.165) is 45.7 Å². The lowest BCUT2D eigenvalue weighted by molar-refractivity contribution is -0.110. The van der Waals surface area contributed by atoms with Crippen LogP contribution in [0, 0.1) is 0 Å². The average molecular weight is 426 g/mol. The van der Waals surface area contributed by atoms with Crippen LogP contribution in [0.1, 0.15) is 69.4 Å². The zero-order valence-corrected chi connectivity index (χ0v) is 19.8. The molecule has 0 unspecified atom stereocenters. The summed E-state index contributed by atoms with van der Waals surface area (Å²) < 4.78 is 5.86. The fourth-order valence-corrected chi connectivity index (χ4v) is 4.10. The summed E-state index contributed by atoms with van der Waals surface area (Å²) in [7, 11) is 1.73. The van der Waals surface area contributed by atoms with Gasteiger partial charge >= 0.3 is 0 Å². The minimum Gasteiger partial charge on any atom is -0.496 e. The molecule has 3 rings (SSSR count). The molecular formula is C26H32ClNO2. The highest BCUT2D eigenvalue weighted by atomic mass is 35.5.